The van der Waals surface area contributed by atoms with Crippen molar-refractivity contribution in [3.05, 3.63) is 53.1 Å². The van der Waals surface area contributed by atoms with Crippen LogP contribution in [0.5, 0.6) is 5.75 Å². The number of nitrogens with one attached hydrogen (secondary N) is 1. The van der Waals surface area contributed by atoms with Gasteiger partial charge in [-0.1, -0.05) is 0 Å². The minimum Gasteiger partial charge on any atom is -0.491 e. The number of alkyl halides is 3. The summed E-state index contributed by atoms with van der Waals surface area (Å²) in [6.07, 6.45) is -1.52. The molecule has 2 atom stereocenters. The zero-order valence-corrected chi connectivity index (χ0v) is 20.0. The lowest BCUT2D eigenvalue weighted by Gasteiger charge is -2.50. The Morgan fingerprint density at radius 1 is 1.31 bits per heavy atom. The Hall–Kier alpha value is -3.30. The molecule has 7 nitrogen and oxygen atoms in total. The third-order valence-electron chi connectivity index (χ3n) is 6.50. The fourth-order valence-corrected chi connectivity index (χ4v) is 5.05. The predicted octanol–water partition coefficient (Wildman–Crippen LogP) is 4.45. The standard InChI is InChI=1S/C24H22F4N4O3S/c1-34-8-2-3-9-35-20-5-4-15(11-18(20)25)32-22(36)31-21(33)23(32)7-6-16(23)14-10-17(24(26,27)28)19(12-29)30-13-14/h4-5,10-11,13,16H,2-3,6-9H2,1H3,(H,31,33,36). The second-order valence-corrected chi connectivity index (χ2v) is 8.93. The minimum absolute atomic E-state index is 0.0231. The summed E-state index contributed by atoms with van der Waals surface area (Å²) in [5.74, 6) is -1.82. The van der Waals surface area contributed by atoms with Gasteiger partial charge in [-0.25, -0.2) is 9.37 Å². The van der Waals surface area contributed by atoms with Crippen LogP contribution in [-0.4, -0.2) is 41.9 Å². The van der Waals surface area contributed by atoms with Crippen molar-refractivity contribution in [2.75, 3.05) is 25.2 Å². The third kappa shape index (κ3) is 4.49. The lowest BCUT2D eigenvalue weighted by molar-refractivity contribution is -0.138. The normalized spacial score (nSPS) is 21.3. The van der Waals surface area contributed by atoms with Crippen LogP contribution in [-0.2, 0) is 15.7 Å². The average Bonchev–Trinajstić information content (AvgIpc) is 3.10. The Morgan fingerprint density at radius 2 is 2.06 bits per heavy atom. The number of rotatable bonds is 8. The Bertz CT molecular complexity index is 1230. The molecule has 0 bridgehead atoms. The van der Waals surface area contributed by atoms with Crippen molar-refractivity contribution in [2.45, 2.75) is 43.3 Å². The van der Waals surface area contributed by atoms with Crippen molar-refractivity contribution in [3.8, 4) is 11.8 Å². The van der Waals surface area contributed by atoms with Gasteiger partial charge >= 0.3 is 6.18 Å². The molecule has 36 heavy (non-hydrogen) atoms. The van der Waals surface area contributed by atoms with Gasteiger partial charge in [-0.15, -0.1) is 0 Å². The molecule has 2 unspecified atom stereocenters. The van der Waals surface area contributed by atoms with E-state index in [0.29, 0.717) is 26.1 Å². The highest BCUT2D eigenvalue weighted by Gasteiger charge is 2.62. The van der Waals surface area contributed by atoms with Gasteiger partial charge in [0.25, 0.3) is 5.91 Å². The molecule has 1 spiro atoms. The highest BCUT2D eigenvalue weighted by molar-refractivity contribution is 7.80. The van der Waals surface area contributed by atoms with Crippen LogP contribution in [0.3, 0.4) is 0 Å². The van der Waals surface area contributed by atoms with Gasteiger partial charge in [-0.2, -0.15) is 18.4 Å². The van der Waals surface area contributed by atoms with Crippen molar-refractivity contribution in [1.29, 1.82) is 5.26 Å². The van der Waals surface area contributed by atoms with Gasteiger partial charge in [-0.05, 0) is 61.7 Å². The Labute approximate surface area is 210 Å². The number of hydrogen-bond acceptors (Lipinski definition) is 6. The van der Waals surface area contributed by atoms with E-state index >= 15 is 0 Å². The summed E-state index contributed by atoms with van der Waals surface area (Å²) in [4.78, 5) is 18.2. The lowest BCUT2D eigenvalue weighted by Crippen LogP contribution is -2.60. The summed E-state index contributed by atoms with van der Waals surface area (Å²) < 4.78 is 65.9. The largest absolute Gasteiger partial charge is 0.491 e. The van der Waals surface area contributed by atoms with Gasteiger partial charge in [0.05, 0.1) is 12.2 Å². The number of benzene rings is 1. The van der Waals surface area contributed by atoms with Gasteiger partial charge < -0.3 is 19.7 Å². The van der Waals surface area contributed by atoms with E-state index < -0.39 is 40.6 Å². The molecule has 1 aromatic heterocycles. The molecular formula is C24H22F4N4O3S. The van der Waals surface area contributed by atoms with Crippen LogP contribution in [0.15, 0.2) is 30.5 Å². The molecule has 1 saturated heterocycles. The summed E-state index contributed by atoms with van der Waals surface area (Å²) in [6, 6.07) is 6.47. The molecule has 12 heteroatoms. The molecule has 1 aliphatic heterocycles. The Balaban J connectivity index is 1.64. The lowest BCUT2D eigenvalue weighted by atomic mass is 9.62. The van der Waals surface area contributed by atoms with Crippen molar-refractivity contribution < 1.29 is 31.8 Å². The maximum atomic E-state index is 14.9. The molecule has 1 amide bonds. The van der Waals surface area contributed by atoms with Crippen molar-refractivity contribution in [3.63, 3.8) is 0 Å². The fraction of sp³-hybridized carbons (Fsp3) is 0.417. The summed E-state index contributed by atoms with van der Waals surface area (Å²) in [5.41, 5.74) is -2.85. The smallest absolute Gasteiger partial charge is 0.419 e. The molecule has 190 valence electrons. The second-order valence-electron chi connectivity index (χ2n) is 8.55. The molecule has 1 saturated carbocycles. The van der Waals surface area contributed by atoms with Crippen LogP contribution >= 0.6 is 12.2 Å². The highest BCUT2D eigenvalue weighted by Crippen LogP contribution is 2.54. The molecule has 4 rings (SSSR count). The quantitative estimate of drug-likeness (QED) is 0.311. The number of unbranched alkanes of at least 4 members (excludes halogenated alkanes) is 1. The fourth-order valence-electron chi connectivity index (χ4n) is 4.69. The maximum absolute atomic E-state index is 14.9. The molecule has 0 radical (unpaired) electrons. The van der Waals surface area contributed by atoms with Crippen LogP contribution in [0.4, 0.5) is 23.2 Å². The number of aromatic nitrogens is 1. The number of methoxy groups -OCH3 is 1. The van der Waals surface area contributed by atoms with E-state index in [1.807, 2.05) is 0 Å². The van der Waals surface area contributed by atoms with Crippen LogP contribution in [0.25, 0.3) is 0 Å². The molecule has 2 aromatic rings. The number of carbonyl (C=O) groups excluding carboxylic acids is 1. The Kier molecular flexibility index (Phi) is 7.15. The van der Waals surface area contributed by atoms with E-state index in [9.17, 15) is 22.4 Å². The molecule has 1 aliphatic carbocycles. The zero-order valence-electron chi connectivity index (χ0n) is 19.2. The second kappa shape index (κ2) is 9.99. The van der Waals surface area contributed by atoms with Crippen molar-refractivity contribution >= 4 is 28.9 Å². The predicted molar refractivity (Wildman–Crippen MR) is 125 cm³/mol. The number of hydrogen-bond donors (Lipinski definition) is 1. The molecule has 2 aliphatic rings. The van der Waals surface area contributed by atoms with E-state index in [-0.39, 0.29) is 28.5 Å². The summed E-state index contributed by atoms with van der Waals surface area (Å²) in [6.45, 7) is 0.863. The summed E-state index contributed by atoms with van der Waals surface area (Å²) in [7, 11) is 1.59. The Morgan fingerprint density at radius 3 is 2.67 bits per heavy atom. The van der Waals surface area contributed by atoms with Crippen LogP contribution in [0.1, 0.15) is 48.4 Å². The first-order valence-corrected chi connectivity index (χ1v) is 11.6. The number of thiocarbonyl (C=S) groups is 1. The van der Waals surface area contributed by atoms with E-state index in [1.54, 1.807) is 13.2 Å². The SMILES string of the molecule is COCCCCOc1ccc(N2C(=S)NC(=O)C23CCC3c2cnc(C#N)c(C(F)(F)F)c2)cc1F. The highest BCUT2D eigenvalue weighted by atomic mass is 32.1. The number of ether oxygens (including phenoxy) is 2. The average molecular weight is 523 g/mol. The molecule has 1 aromatic carbocycles. The topological polar surface area (TPSA) is 87.5 Å². The van der Waals surface area contributed by atoms with Crippen molar-refractivity contribution in [1.82, 2.24) is 10.3 Å². The first-order chi connectivity index (χ1) is 17.1. The number of pyridine rings is 1. The van der Waals surface area contributed by atoms with E-state index in [2.05, 4.69) is 10.3 Å². The number of amides is 1. The first-order valence-electron chi connectivity index (χ1n) is 11.2. The van der Waals surface area contributed by atoms with Crippen LogP contribution in [0.2, 0.25) is 0 Å². The maximum Gasteiger partial charge on any atom is 0.419 e. The summed E-state index contributed by atoms with van der Waals surface area (Å²) in [5, 5.41) is 11.6. The van der Waals surface area contributed by atoms with E-state index in [4.69, 9.17) is 27.0 Å². The summed E-state index contributed by atoms with van der Waals surface area (Å²) >= 11 is 5.35. The number of halogens is 4. The molecular weight excluding hydrogens is 500 g/mol. The third-order valence-corrected chi connectivity index (χ3v) is 6.79. The van der Waals surface area contributed by atoms with Crippen molar-refractivity contribution in [2.24, 2.45) is 0 Å². The van der Waals surface area contributed by atoms with E-state index in [1.165, 1.54) is 29.3 Å². The number of carbonyl (C=O) groups is 1. The molecule has 1 N–H and O–H groups in total. The van der Waals surface area contributed by atoms with Crippen LogP contribution in [0, 0.1) is 17.1 Å². The van der Waals surface area contributed by atoms with Crippen LogP contribution < -0.4 is 15.0 Å². The number of nitrogens with zero attached hydrogens (tertiary/aromatic N) is 3. The zero-order chi connectivity index (χ0) is 26.1. The van der Waals surface area contributed by atoms with Gasteiger partial charge in [-0.3, -0.25) is 4.79 Å². The van der Waals surface area contributed by atoms with E-state index in [0.717, 1.165) is 12.5 Å². The molecule has 2 fully saturated rings. The molecule has 2 heterocycles. The van der Waals surface area contributed by atoms with Gasteiger partial charge in [0, 0.05) is 37.6 Å². The van der Waals surface area contributed by atoms with Gasteiger partial charge in [0.15, 0.2) is 22.4 Å². The minimum atomic E-state index is -4.79. The first kappa shape index (κ1) is 25.8. The number of nitriles is 1. The monoisotopic (exact) mass is 522 g/mol. The van der Waals surface area contributed by atoms with Gasteiger partial charge in [0.1, 0.15) is 11.6 Å². The van der Waals surface area contributed by atoms with Gasteiger partial charge in [0.2, 0.25) is 0 Å². The number of anilines is 1.